The number of thioether (sulfide) groups is 1. The quantitative estimate of drug-likeness (QED) is 0.550. The van der Waals surface area contributed by atoms with Gasteiger partial charge in [0, 0.05) is 18.2 Å². The van der Waals surface area contributed by atoms with Gasteiger partial charge in [0.05, 0.1) is 23.0 Å². The molecular formula is C24H28N4OS. The van der Waals surface area contributed by atoms with E-state index in [9.17, 15) is 10.1 Å². The minimum atomic E-state index is -0.733. The van der Waals surface area contributed by atoms with E-state index >= 15 is 0 Å². The van der Waals surface area contributed by atoms with Gasteiger partial charge < -0.3 is 10.6 Å². The molecule has 1 saturated heterocycles. The van der Waals surface area contributed by atoms with Crippen LogP contribution in [0.4, 0.5) is 0 Å². The van der Waals surface area contributed by atoms with Crippen molar-refractivity contribution in [1.29, 1.82) is 10.7 Å². The number of nitrogens with two attached hydrogens (primary N) is 1. The van der Waals surface area contributed by atoms with Crippen molar-refractivity contribution >= 4 is 23.5 Å². The minimum Gasteiger partial charge on any atom is -0.320 e. The highest BCUT2D eigenvalue weighted by molar-refractivity contribution is 8.01. The Morgan fingerprint density at radius 3 is 2.57 bits per heavy atom. The van der Waals surface area contributed by atoms with Crippen molar-refractivity contribution in [2.45, 2.75) is 43.4 Å². The highest BCUT2D eigenvalue weighted by Crippen LogP contribution is 2.52. The first-order valence-corrected chi connectivity index (χ1v) is 11.0. The summed E-state index contributed by atoms with van der Waals surface area (Å²) < 4.78 is -0.430. The molecule has 2 unspecified atom stereocenters. The van der Waals surface area contributed by atoms with Crippen LogP contribution in [0, 0.1) is 16.7 Å². The van der Waals surface area contributed by atoms with Crippen LogP contribution in [0.15, 0.2) is 48.5 Å². The Morgan fingerprint density at radius 1 is 1.30 bits per heavy atom. The van der Waals surface area contributed by atoms with Crippen molar-refractivity contribution in [2.75, 3.05) is 12.8 Å². The molecule has 1 fully saturated rings. The second-order valence-corrected chi connectivity index (χ2v) is 9.62. The van der Waals surface area contributed by atoms with Gasteiger partial charge in [-0.05, 0) is 67.3 Å². The van der Waals surface area contributed by atoms with Crippen LogP contribution in [-0.2, 0) is 10.3 Å². The molecule has 3 N–H and O–H groups in total. The molecule has 2 aromatic carbocycles. The van der Waals surface area contributed by atoms with E-state index in [0.717, 1.165) is 35.3 Å². The van der Waals surface area contributed by atoms with E-state index in [1.807, 2.05) is 43.3 Å². The van der Waals surface area contributed by atoms with Crippen LogP contribution >= 0.6 is 11.8 Å². The standard InChI is InChI=1S/C24H28N4OS/c1-17(26)28(3)22(29)15-24(11-6-12-30-24)23(2,27)21-10-5-9-20(14-21)19-8-4-7-18(13-19)16-25/h4-5,7-10,13-14,26H,6,11-12,15,27H2,1-3H3. The molecule has 0 radical (unpaired) electrons. The van der Waals surface area contributed by atoms with E-state index in [0.29, 0.717) is 12.0 Å². The van der Waals surface area contributed by atoms with Crippen LogP contribution in [0.1, 0.15) is 44.2 Å². The molecule has 30 heavy (non-hydrogen) atoms. The smallest absolute Gasteiger partial charge is 0.229 e. The Bertz CT molecular complexity index is 1000. The summed E-state index contributed by atoms with van der Waals surface area (Å²) in [6.07, 6.45) is 2.17. The second kappa shape index (κ2) is 8.63. The number of amides is 1. The van der Waals surface area contributed by atoms with Crippen LogP contribution in [0.3, 0.4) is 0 Å². The molecule has 156 valence electrons. The molecule has 0 spiro atoms. The Morgan fingerprint density at radius 2 is 1.97 bits per heavy atom. The van der Waals surface area contributed by atoms with E-state index < -0.39 is 10.3 Å². The largest absolute Gasteiger partial charge is 0.320 e. The summed E-state index contributed by atoms with van der Waals surface area (Å²) in [4.78, 5) is 14.3. The average Bonchev–Trinajstić information content (AvgIpc) is 3.23. The zero-order valence-electron chi connectivity index (χ0n) is 17.7. The fourth-order valence-corrected chi connectivity index (χ4v) is 5.64. The Hall–Kier alpha value is -2.62. The molecular weight excluding hydrogens is 392 g/mol. The summed E-state index contributed by atoms with van der Waals surface area (Å²) >= 11 is 1.77. The average molecular weight is 421 g/mol. The van der Waals surface area contributed by atoms with Crippen molar-refractivity contribution < 1.29 is 4.79 Å². The van der Waals surface area contributed by atoms with Crippen molar-refractivity contribution in [3.05, 3.63) is 59.7 Å². The second-order valence-electron chi connectivity index (χ2n) is 8.14. The number of carbonyl (C=O) groups is 1. The molecule has 0 aliphatic carbocycles. The number of nitriles is 1. The van der Waals surface area contributed by atoms with Crippen molar-refractivity contribution in [3.63, 3.8) is 0 Å². The number of nitrogens with one attached hydrogen (secondary N) is 1. The van der Waals surface area contributed by atoms with Gasteiger partial charge >= 0.3 is 0 Å². The van der Waals surface area contributed by atoms with Crippen LogP contribution in [0.5, 0.6) is 0 Å². The zero-order chi connectivity index (χ0) is 21.9. The maximum atomic E-state index is 12.9. The summed E-state index contributed by atoms with van der Waals surface area (Å²) in [6.45, 7) is 3.63. The van der Waals surface area contributed by atoms with Gasteiger partial charge in [0.2, 0.25) is 5.91 Å². The Kier molecular flexibility index (Phi) is 6.35. The molecule has 3 rings (SSSR count). The van der Waals surface area contributed by atoms with Gasteiger partial charge in [-0.1, -0.05) is 30.3 Å². The van der Waals surface area contributed by atoms with Crippen LogP contribution in [0.2, 0.25) is 0 Å². The zero-order valence-corrected chi connectivity index (χ0v) is 18.6. The van der Waals surface area contributed by atoms with Gasteiger partial charge in [-0.15, -0.1) is 0 Å². The Labute approximate surface area is 182 Å². The maximum absolute atomic E-state index is 12.9. The summed E-state index contributed by atoms with van der Waals surface area (Å²) in [5, 5.41) is 17.0. The monoisotopic (exact) mass is 420 g/mol. The number of amidine groups is 1. The van der Waals surface area contributed by atoms with Gasteiger partial charge in [-0.2, -0.15) is 17.0 Å². The van der Waals surface area contributed by atoms with Gasteiger partial charge in [0.1, 0.15) is 0 Å². The lowest BCUT2D eigenvalue weighted by molar-refractivity contribution is -0.127. The van der Waals surface area contributed by atoms with Gasteiger partial charge in [0.15, 0.2) is 0 Å². The third kappa shape index (κ3) is 4.14. The van der Waals surface area contributed by atoms with Gasteiger partial charge in [0.25, 0.3) is 0 Å². The normalized spacial score (nSPS) is 20.2. The fourth-order valence-electron chi connectivity index (χ4n) is 4.03. The lowest BCUT2D eigenvalue weighted by Gasteiger charge is -2.44. The predicted octanol–water partition coefficient (Wildman–Crippen LogP) is 4.51. The number of hydrogen-bond acceptors (Lipinski definition) is 5. The van der Waals surface area contributed by atoms with Crippen LogP contribution < -0.4 is 5.73 Å². The number of rotatable bonds is 5. The molecule has 1 heterocycles. The van der Waals surface area contributed by atoms with Crippen LogP contribution in [0.25, 0.3) is 11.1 Å². The van der Waals surface area contributed by atoms with E-state index in [-0.39, 0.29) is 11.7 Å². The topological polar surface area (TPSA) is 94.0 Å². The number of carbonyl (C=O) groups excluding carboxylic acids is 1. The van der Waals surface area contributed by atoms with E-state index in [1.54, 1.807) is 31.8 Å². The predicted molar refractivity (Wildman–Crippen MR) is 123 cm³/mol. The lowest BCUT2D eigenvalue weighted by Crippen LogP contribution is -2.54. The number of benzene rings is 2. The van der Waals surface area contributed by atoms with E-state index in [2.05, 4.69) is 12.1 Å². The van der Waals surface area contributed by atoms with E-state index in [1.165, 1.54) is 4.90 Å². The molecule has 1 aliphatic rings. The summed E-state index contributed by atoms with van der Waals surface area (Å²) in [6, 6.07) is 17.8. The Balaban J connectivity index is 1.99. The summed E-state index contributed by atoms with van der Waals surface area (Å²) in [5.41, 5.74) is 9.83. The molecule has 0 aromatic heterocycles. The van der Waals surface area contributed by atoms with Crippen LogP contribution in [-0.4, -0.2) is 34.2 Å². The third-order valence-electron chi connectivity index (χ3n) is 6.15. The molecule has 1 aliphatic heterocycles. The van der Waals surface area contributed by atoms with Gasteiger partial charge in [-0.3, -0.25) is 10.2 Å². The summed E-state index contributed by atoms with van der Waals surface area (Å²) in [7, 11) is 1.65. The molecule has 6 heteroatoms. The number of nitrogens with zero attached hydrogens (tertiary/aromatic N) is 2. The first kappa shape index (κ1) is 22.1. The highest BCUT2D eigenvalue weighted by Gasteiger charge is 2.50. The van der Waals surface area contributed by atoms with Crippen molar-refractivity contribution in [2.24, 2.45) is 5.73 Å². The third-order valence-corrected chi connectivity index (χ3v) is 7.97. The molecule has 2 atom stereocenters. The van der Waals surface area contributed by atoms with Crippen molar-refractivity contribution in [1.82, 2.24) is 4.90 Å². The maximum Gasteiger partial charge on any atom is 0.229 e. The van der Waals surface area contributed by atoms with E-state index in [4.69, 9.17) is 11.1 Å². The molecule has 5 nitrogen and oxygen atoms in total. The lowest BCUT2D eigenvalue weighted by atomic mass is 9.74. The molecule has 0 bridgehead atoms. The first-order valence-electron chi connectivity index (χ1n) is 10.1. The first-order chi connectivity index (χ1) is 14.2. The summed E-state index contributed by atoms with van der Waals surface area (Å²) in [5.74, 6) is 1.12. The fraction of sp³-hybridized carbons (Fsp3) is 0.375. The van der Waals surface area contributed by atoms with Crippen molar-refractivity contribution in [3.8, 4) is 17.2 Å². The minimum absolute atomic E-state index is 0.0774. The molecule has 0 saturated carbocycles. The number of hydrogen-bond donors (Lipinski definition) is 2. The molecule has 1 amide bonds. The SMILES string of the molecule is CC(=N)N(C)C(=O)CC1(C(C)(N)c2cccc(-c3cccc(C#N)c3)c2)CCCS1. The van der Waals surface area contributed by atoms with Gasteiger partial charge in [-0.25, -0.2) is 0 Å². The molecule has 2 aromatic rings. The highest BCUT2D eigenvalue weighted by atomic mass is 32.2.